The first-order valence-electron chi connectivity index (χ1n) is 7.62. The topological polar surface area (TPSA) is 44.8 Å². The molecule has 0 bridgehead atoms. The maximum Gasteiger partial charge on any atom is 0.234 e. The summed E-state index contributed by atoms with van der Waals surface area (Å²) in [6.45, 7) is 6.67. The Morgan fingerprint density at radius 3 is 2.68 bits per heavy atom. The van der Waals surface area contributed by atoms with Gasteiger partial charge in [-0.25, -0.2) is 0 Å². The SMILES string of the molecule is COCCCNC(=O)CN1CCN(Cc2ccc(Cl)s2)CC1. The average Bonchev–Trinajstić information content (AvgIpc) is 2.91. The summed E-state index contributed by atoms with van der Waals surface area (Å²) in [4.78, 5) is 17.8. The highest BCUT2D eigenvalue weighted by Crippen LogP contribution is 2.23. The number of piperazine rings is 1. The lowest BCUT2D eigenvalue weighted by atomic mass is 10.3. The van der Waals surface area contributed by atoms with Crippen LogP contribution in [0.2, 0.25) is 4.34 Å². The summed E-state index contributed by atoms with van der Waals surface area (Å²) in [5, 5.41) is 2.93. The molecular formula is C15H24ClN3O2S. The number of hydrogen-bond donors (Lipinski definition) is 1. The van der Waals surface area contributed by atoms with E-state index in [1.807, 2.05) is 6.07 Å². The maximum atomic E-state index is 11.8. The Morgan fingerprint density at radius 2 is 2.05 bits per heavy atom. The van der Waals surface area contributed by atoms with E-state index in [1.165, 1.54) is 4.88 Å². The zero-order valence-electron chi connectivity index (χ0n) is 13.0. The summed E-state index contributed by atoms with van der Waals surface area (Å²) < 4.78 is 5.81. The Labute approximate surface area is 141 Å². The van der Waals surface area contributed by atoms with Crippen molar-refractivity contribution in [1.82, 2.24) is 15.1 Å². The molecule has 1 aromatic rings. The number of nitrogens with zero attached hydrogens (tertiary/aromatic N) is 2. The van der Waals surface area contributed by atoms with Crippen molar-refractivity contribution in [2.45, 2.75) is 13.0 Å². The summed E-state index contributed by atoms with van der Waals surface area (Å²) in [6, 6.07) is 4.04. The average molecular weight is 346 g/mol. The molecule has 2 rings (SSSR count). The molecule has 1 aliphatic heterocycles. The molecule has 0 atom stereocenters. The van der Waals surface area contributed by atoms with Crippen LogP contribution in [0.1, 0.15) is 11.3 Å². The Kier molecular flexibility index (Phi) is 7.62. The number of carbonyl (C=O) groups is 1. The lowest BCUT2D eigenvalue weighted by Crippen LogP contribution is -2.49. The van der Waals surface area contributed by atoms with Crippen LogP contribution in [0.3, 0.4) is 0 Å². The molecule has 2 heterocycles. The number of rotatable bonds is 8. The standard InChI is InChI=1S/C15H24ClN3O2S/c1-21-10-2-5-17-15(20)12-19-8-6-18(7-9-19)11-13-3-4-14(16)22-13/h3-4H,2,5-12H2,1H3,(H,17,20). The summed E-state index contributed by atoms with van der Waals surface area (Å²) >= 11 is 7.60. The summed E-state index contributed by atoms with van der Waals surface area (Å²) in [6.07, 6.45) is 0.861. The van der Waals surface area contributed by atoms with Gasteiger partial charge in [0.25, 0.3) is 0 Å². The van der Waals surface area contributed by atoms with Crippen molar-refractivity contribution in [1.29, 1.82) is 0 Å². The minimum absolute atomic E-state index is 0.106. The lowest BCUT2D eigenvalue weighted by molar-refractivity contribution is -0.122. The second-order valence-electron chi connectivity index (χ2n) is 5.45. The maximum absolute atomic E-state index is 11.8. The molecule has 1 saturated heterocycles. The number of methoxy groups -OCH3 is 1. The molecular weight excluding hydrogens is 322 g/mol. The summed E-state index contributed by atoms with van der Waals surface area (Å²) in [7, 11) is 1.67. The van der Waals surface area contributed by atoms with E-state index >= 15 is 0 Å². The van der Waals surface area contributed by atoms with Crippen LogP contribution in [0.15, 0.2) is 12.1 Å². The van der Waals surface area contributed by atoms with Crippen LogP contribution in [0, 0.1) is 0 Å². The highest BCUT2D eigenvalue weighted by atomic mass is 35.5. The second-order valence-corrected chi connectivity index (χ2v) is 7.25. The van der Waals surface area contributed by atoms with Gasteiger partial charge in [-0.15, -0.1) is 11.3 Å². The molecule has 5 nitrogen and oxygen atoms in total. The Bertz CT molecular complexity index is 461. The third-order valence-corrected chi connectivity index (χ3v) is 4.90. The molecule has 124 valence electrons. The Hall–Kier alpha value is -0.660. The number of amides is 1. The van der Waals surface area contributed by atoms with E-state index in [1.54, 1.807) is 18.4 Å². The van der Waals surface area contributed by atoms with Gasteiger partial charge >= 0.3 is 0 Å². The van der Waals surface area contributed by atoms with Crippen molar-refractivity contribution in [3.8, 4) is 0 Å². The van der Waals surface area contributed by atoms with Gasteiger partial charge in [0, 0.05) is 57.9 Å². The number of thiophene rings is 1. The van der Waals surface area contributed by atoms with Gasteiger partial charge in [0.2, 0.25) is 5.91 Å². The van der Waals surface area contributed by atoms with Crippen LogP contribution >= 0.6 is 22.9 Å². The first-order valence-corrected chi connectivity index (χ1v) is 8.81. The number of nitrogens with one attached hydrogen (secondary N) is 1. The van der Waals surface area contributed by atoms with Crippen LogP contribution in [-0.4, -0.2) is 68.7 Å². The fourth-order valence-electron chi connectivity index (χ4n) is 2.47. The second kappa shape index (κ2) is 9.47. The summed E-state index contributed by atoms with van der Waals surface area (Å²) in [5.41, 5.74) is 0. The normalized spacial score (nSPS) is 16.8. The lowest BCUT2D eigenvalue weighted by Gasteiger charge is -2.34. The van der Waals surface area contributed by atoms with Crippen LogP contribution in [-0.2, 0) is 16.1 Å². The molecule has 0 aromatic carbocycles. The number of hydrogen-bond acceptors (Lipinski definition) is 5. The van der Waals surface area contributed by atoms with Gasteiger partial charge in [-0.05, 0) is 18.6 Å². The van der Waals surface area contributed by atoms with Gasteiger partial charge in [0.05, 0.1) is 10.9 Å². The molecule has 0 saturated carbocycles. The molecule has 1 fully saturated rings. The Balaban J connectivity index is 1.61. The smallest absolute Gasteiger partial charge is 0.234 e. The molecule has 0 aliphatic carbocycles. The van der Waals surface area contributed by atoms with Crippen molar-refractivity contribution in [2.75, 3.05) is 53.0 Å². The predicted octanol–water partition coefficient (Wildman–Crippen LogP) is 1.67. The largest absolute Gasteiger partial charge is 0.385 e. The molecule has 0 unspecified atom stereocenters. The van der Waals surface area contributed by atoms with Crippen molar-refractivity contribution >= 4 is 28.8 Å². The molecule has 1 aromatic heterocycles. The predicted molar refractivity (Wildman–Crippen MR) is 90.5 cm³/mol. The van der Waals surface area contributed by atoms with Crippen LogP contribution in [0.5, 0.6) is 0 Å². The number of carbonyl (C=O) groups excluding carboxylic acids is 1. The Morgan fingerprint density at radius 1 is 1.32 bits per heavy atom. The van der Waals surface area contributed by atoms with Crippen LogP contribution in [0.4, 0.5) is 0 Å². The van der Waals surface area contributed by atoms with E-state index in [2.05, 4.69) is 21.2 Å². The van der Waals surface area contributed by atoms with E-state index in [0.717, 1.165) is 43.5 Å². The quantitative estimate of drug-likeness (QED) is 0.728. The van der Waals surface area contributed by atoms with E-state index in [0.29, 0.717) is 19.7 Å². The minimum atomic E-state index is 0.106. The van der Waals surface area contributed by atoms with Crippen molar-refractivity contribution < 1.29 is 9.53 Å². The third-order valence-electron chi connectivity index (χ3n) is 3.69. The molecule has 1 aliphatic rings. The molecule has 22 heavy (non-hydrogen) atoms. The van der Waals surface area contributed by atoms with Crippen LogP contribution in [0.25, 0.3) is 0 Å². The first-order chi connectivity index (χ1) is 10.7. The first kappa shape index (κ1) is 17.7. The zero-order chi connectivity index (χ0) is 15.8. The van der Waals surface area contributed by atoms with Crippen molar-refractivity contribution in [2.24, 2.45) is 0 Å². The minimum Gasteiger partial charge on any atom is -0.385 e. The zero-order valence-corrected chi connectivity index (χ0v) is 14.6. The van der Waals surface area contributed by atoms with Gasteiger partial charge in [-0.2, -0.15) is 0 Å². The molecule has 7 heteroatoms. The molecule has 1 N–H and O–H groups in total. The van der Waals surface area contributed by atoms with Gasteiger partial charge in [-0.1, -0.05) is 11.6 Å². The highest BCUT2D eigenvalue weighted by Gasteiger charge is 2.19. The monoisotopic (exact) mass is 345 g/mol. The van der Waals surface area contributed by atoms with Gasteiger partial charge in [0.15, 0.2) is 0 Å². The van der Waals surface area contributed by atoms with Crippen molar-refractivity contribution in [3.05, 3.63) is 21.3 Å². The molecule has 1 amide bonds. The molecule has 0 radical (unpaired) electrons. The fourth-order valence-corrected chi connectivity index (χ4v) is 3.60. The van der Waals surface area contributed by atoms with Gasteiger partial charge in [0.1, 0.15) is 0 Å². The van der Waals surface area contributed by atoms with E-state index in [4.69, 9.17) is 16.3 Å². The summed E-state index contributed by atoms with van der Waals surface area (Å²) in [5.74, 6) is 0.106. The van der Waals surface area contributed by atoms with Gasteiger partial charge in [-0.3, -0.25) is 14.6 Å². The molecule has 0 spiro atoms. The van der Waals surface area contributed by atoms with E-state index < -0.39 is 0 Å². The number of ether oxygens (including phenoxy) is 1. The van der Waals surface area contributed by atoms with Gasteiger partial charge < -0.3 is 10.1 Å². The fraction of sp³-hybridized carbons (Fsp3) is 0.667. The van der Waals surface area contributed by atoms with Crippen molar-refractivity contribution in [3.63, 3.8) is 0 Å². The highest BCUT2D eigenvalue weighted by molar-refractivity contribution is 7.16. The third kappa shape index (κ3) is 6.22. The van der Waals surface area contributed by atoms with E-state index in [-0.39, 0.29) is 5.91 Å². The van der Waals surface area contributed by atoms with Crippen LogP contribution < -0.4 is 5.32 Å². The van der Waals surface area contributed by atoms with E-state index in [9.17, 15) is 4.79 Å². The number of halogens is 1.